The van der Waals surface area contributed by atoms with Crippen LogP contribution in [-0.2, 0) is 19.7 Å². The summed E-state index contributed by atoms with van der Waals surface area (Å²) in [6.07, 6.45) is 0. The van der Waals surface area contributed by atoms with Gasteiger partial charge in [-0.15, -0.1) is 0 Å². The first-order valence-corrected chi connectivity index (χ1v) is 9.20. The van der Waals surface area contributed by atoms with Crippen molar-refractivity contribution in [2.45, 2.75) is 17.7 Å². The van der Waals surface area contributed by atoms with Gasteiger partial charge in [0.05, 0.1) is 16.5 Å². The van der Waals surface area contributed by atoms with Crippen molar-refractivity contribution in [3.63, 3.8) is 0 Å². The van der Waals surface area contributed by atoms with Crippen molar-refractivity contribution >= 4 is 33.3 Å². The second-order valence-electron chi connectivity index (χ2n) is 5.89. The van der Waals surface area contributed by atoms with E-state index in [0.29, 0.717) is 11.3 Å². The number of carbonyl (C=O) groups excluding carboxylic acids is 2. The number of fused-ring (bicyclic) bond motifs is 1. The number of nitrogens with one attached hydrogen (secondary N) is 2. The number of phenolic OH excluding ortho intramolecular Hbond substituents is 1. The fourth-order valence-corrected chi connectivity index (χ4v) is 3.03. The van der Waals surface area contributed by atoms with Crippen molar-refractivity contribution < 1.29 is 27.7 Å². The number of aromatic hydroxyl groups is 1. The Hall–Kier alpha value is -3.24. The van der Waals surface area contributed by atoms with Crippen molar-refractivity contribution in [2.75, 3.05) is 5.32 Å². The molecule has 27 heavy (non-hydrogen) atoms. The first kappa shape index (κ1) is 18.5. The third-order valence-electron chi connectivity index (χ3n) is 4.07. The molecule has 2 aromatic carbocycles. The number of rotatable bonds is 4. The lowest BCUT2D eigenvalue weighted by Gasteiger charge is -2.10. The number of anilines is 1. The van der Waals surface area contributed by atoms with Crippen LogP contribution in [0.1, 0.15) is 24.0 Å². The van der Waals surface area contributed by atoms with Crippen molar-refractivity contribution in [2.24, 2.45) is 5.10 Å². The molecule has 3 rings (SSSR count). The molecular formula is C17H15N3O6S. The lowest BCUT2D eigenvalue weighted by Crippen LogP contribution is -2.27. The minimum Gasteiger partial charge on any atom is -0.508 e. The number of phenols is 1. The summed E-state index contributed by atoms with van der Waals surface area (Å²) >= 11 is 0. The highest BCUT2D eigenvalue weighted by Crippen LogP contribution is 2.26. The number of nitrogens with zero attached hydrogens (tertiary/aromatic N) is 1. The van der Waals surface area contributed by atoms with Gasteiger partial charge >= 0.3 is 0 Å². The third-order valence-corrected chi connectivity index (χ3v) is 4.92. The number of benzene rings is 2. The number of hydrogen-bond donors (Lipinski definition) is 4. The molecule has 0 saturated heterocycles. The molecule has 1 unspecified atom stereocenters. The number of hydrogen-bond acceptors (Lipinski definition) is 6. The smallest absolute Gasteiger partial charge is 0.294 e. The lowest BCUT2D eigenvalue weighted by atomic mass is 10.0. The quantitative estimate of drug-likeness (QED) is 0.457. The minimum absolute atomic E-state index is 0.0699. The standard InChI is InChI=1S/C17H15N3O6S/c1-9(10-2-4-11(21)5-3-10)16(22)20-19-15-13-8-12(27(24,25)26)6-7-14(13)18-17(15)23/h2-9,21H,1H3,(H,20,22)(H,18,19,23)(H,24,25,26). The Kier molecular flexibility index (Phi) is 4.68. The molecule has 140 valence electrons. The van der Waals surface area contributed by atoms with Crippen LogP contribution in [-0.4, -0.2) is 35.6 Å². The highest BCUT2D eigenvalue weighted by atomic mass is 32.2. The molecule has 1 aliphatic heterocycles. The molecule has 0 spiro atoms. The molecule has 10 heteroatoms. The van der Waals surface area contributed by atoms with Crippen molar-refractivity contribution in [1.29, 1.82) is 0 Å². The zero-order valence-electron chi connectivity index (χ0n) is 14.0. The van der Waals surface area contributed by atoms with E-state index in [1.54, 1.807) is 19.1 Å². The summed E-state index contributed by atoms with van der Waals surface area (Å²) in [5, 5.41) is 15.6. The Morgan fingerprint density at radius 1 is 1.19 bits per heavy atom. The highest BCUT2D eigenvalue weighted by Gasteiger charge is 2.28. The number of amides is 2. The normalized spacial score (nSPS) is 15.9. The van der Waals surface area contributed by atoms with Crippen LogP contribution < -0.4 is 10.7 Å². The zero-order chi connectivity index (χ0) is 19.8. The fourth-order valence-electron chi connectivity index (χ4n) is 2.53. The molecule has 1 heterocycles. The second-order valence-corrected chi connectivity index (χ2v) is 7.31. The van der Waals surface area contributed by atoms with Gasteiger partial charge < -0.3 is 10.4 Å². The van der Waals surface area contributed by atoms with Crippen molar-refractivity contribution in [3.05, 3.63) is 53.6 Å². The topological polar surface area (TPSA) is 145 Å². The molecule has 0 aliphatic carbocycles. The van der Waals surface area contributed by atoms with E-state index in [1.165, 1.54) is 18.2 Å². The van der Waals surface area contributed by atoms with E-state index in [-0.39, 0.29) is 17.0 Å². The van der Waals surface area contributed by atoms with Gasteiger partial charge in [-0.1, -0.05) is 12.1 Å². The van der Waals surface area contributed by atoms with Gasteiger partial charge in [0.25, 0.3) is 16.0 Å². The number of carbonyl (C=O) groups is 2. The first-order chi connectivity index (χ1) is 12.7. The minimum atomic E-state index is -4.45. The van der Waals surface area contributed by atoms with Crippen LogP contribution >= 0.6 is 0 Å². The van der Waals surface area contributed by atoms with Gasteiger partial charge in [-0.05, 0) is 42.8 Å². The predicted octanol–water partition coefficient (Wildman–Crippen LogP) is 1.21. The van der Waals surface area contributed by atoms with Gasteiger partial charge in [0.2, 0.25) is 5.91 Å². The lowest BCUT2D eigenvalue weighted by molar-refractivity contribution is -0.122. The van der Waals surface area contributed by atoms with Gasteiger partial charge in [-0.25, -0.2) is 5.43 Å². The average Bonchev–Trinajstić information content (AvgIpc) is 2.93. The van der Waals surface area contributed by atoms with Crippen LogP contribution in [0.15, 0.2) is 52.5 Å². The predicted molar refractivity (Wildman–Crippen MR) is 96.1 cm³/mol. The van der Waals surface area contributed by atoms with E-state index in [4.69, 9.17) is 4.55 Å². The molecule has 0 fully saturated rings. The van der Waals surface area contributed by atoms with Crippen LogP contribution in [0.2, 0.25) is 0 Å². The van der Waals surface area contributed by atoms with Crippen LogP contribution in [0, 0.1) is 0 Å². The molecule has 0 bridgehead atoms. The maximum absolute atomic E-state index is 12.3. The summed E-state index contributed by atoms with van der Waals surface area (Å²) in [5.41, 5.74) is 3.19. The van der Waals surface area contributed by atoms with Crippen molar-refractivity contribution in [1.82, 2.24) is 5.43 Å². The molecule has 0 radical (unpaired) electrons. The summed E-state index contributed by atoms with van der Waals surface area (Å²) in [6.45, 7) is 1.63. The van der Waals surface area contributed by atoms with E-state index >= 15 is 0 Å². The van der Waals surface area contributed by atoms with Gasteiger partial charge in [-0.2, -0.15) is 13.5 Å². The Labute approximate surface area is 154 Å². The fraction of sp³-hybridized carbons (Fsp3) is 0.118. The van der Waals surface area contributed by atoms with Gasteiger partial charge in [0, 0.05) is 5.56 Å². The van der Waals surface area contributed by atoms with Crippen LogP contribution in [0.5, 0.6) is 5.75 Å². The molecule has 0 saturated carbocycles. The third kappa shape index (κ3) is 3.81. The SMILES string of the molecule is CC(C(=O)NN=C1C(=O)Nc2ccc(S(=O)(=O)O)cc21)c1ccc(O)cc1. The van der Waals surface area contributed by atoms with E-state index in [1.807, 2.05) is 0 Å². The second kappa shape index (κ2) is 6.82. The number of hydrazone groups is 1. The van der Waals surface area contributed by atoms with E-state index in [0.717, 1.165) is 12.1 Å². The van der Waals surface area contributed by atoms with Crippen LogP contribution in [0.25, 0.3) is 0 Å². The monoisotopic (exact) mass is 389 g/mol. The van der Waals surface area contributed by atoms with Crippen molar-refractivity contribution in [3.8, 4) is 5.75 Å². The molecule has 2 aromatic rings. The van der Waals surface area contributed by atoms with E-state index < -0.39 is 32.7 Å². The molecule has 4 N–H and O–H groups in total. The summed E-state index contributed by atoms with van der Waals surface area (Å²) < 4.78 is 31.7. The molecule has 0 aromatic heterocycles. The molecule has 9 nitrogen and oxygen atoms in total. The summed E-state index contributed by atoms with van der Waals surface area (Å²) in [7, 11) is -4.45. The average molecular weight is 389 g/mol. The van der Waals surface area contributed by atoms with Gasteiger partial charge in [0.1, 0.15) is 5.75 Å². The van der Waals surface area contributed by atoms with Crippen LogP contribution in [0.3, 0.4) is 0 Å². The highest BCUT2D eigenvalue weighted by molar-refractivity contribution is 7.85. The Morgan fingerprint density at radius 2 is 1.85 bits per heavy atom. The van der Waals surface area contributed by atoms with Gasteiger partial charge in [0.15, 0.2) is 5.71 Å². The zero-order valence-corrected chi connectivity index (χ0v) is 14.8. The van der Waals surface area contributed by atoms with E-state index in [9.17, 15) is 23.1 Å². The Balaban J connectivity index is 1.85. The summed E-state index contributed by atoms with van der Waals surface area (Å²) in [4.78, 5) is 23.9. The van der Waals surface area contributed by atoms with Gasteiger partial charge in [-0.3, -0.25) is 14.1 Å². The Morgan fingerprint density at radius 3 is 2.48 bits per heavy atom. The van der Waals surface area contributed by atoms with E-state index in [2.05, 4.69) is 15.8 Å². The Bertz CT molecular complexity index is 1060. The molecule has 1 atom stereocenters. The molecule has 1 aliphatic rings. The molecular weight excluding hydrogens is 374 g/mol. The first-order valence-electron chi connectivity index (χ1n) is 7.76. The largest absolute Gasteiger partial charge is 0.508 e. The molecule has 2 amide bonds. The summed E-state index contributed by atoms with van der Waals surface area (Å²) in [6, 6.07) is 9.62. The van der Waals surface area contributed by atoms with Crippen LogP contribution in [0.4, 0.5) is 5.69 Å². The summed E-state index contributed by atoms with van der Waals surface area (Å²) in [5.74, 6) is -1.65. The maximum Gasteiger partial charge on any atom is 0.294 e. The maximum atomic E-state index is 12.3.